The largest absolute Gasteiger partial charge is 0.331 e. The third-order valence-corrected chi connectivity index (χ3v) is 7.19. The maximum atomic E-state index is 12.6. The lowest BCUT2D eigenvalue weighted by atomic mass is 9.97. The van der Waals surface area contributed by atoms with Gasteiger partial charge in [-0.15, -0.1) is 11.3 Å². The van der Waals surface area contributed by atoms with Crippen molar-refractivity contribution in [1.82, 2.24) is 14.9 Å². The number of fused-ring (bicyclic) bond motifs is 3. The summed E-state index contributed by atoms with van der Waals surface area (Å²) in [4.78, 5) is 38.3. The summed E-state index contributed by atoms with van der Waals surface area (Å²) in [5.41, 5.74) is 1.28. The molecule has 138 valence electrons. The number of hydrogen-bond donors (Lipinski definition) is 2. The van der Waals surface area contributed by atoms with Crippen LogP contribution < -0.4 is 10.5 Å². The van der Waals surface area contributed by atoms with Crippen LogP contribution in [0.5, 0.6) is 0 Å². The maximum absolute atomic E-state index is 12.6. The SMILES string of the molecule is O=C(C1CC1)N1CC[NH+](Cc2nc3sc4c(c3c(=O)[nH]2)CCCC4)CC1. The molecular weight excluding hydrogens is 348 g/mol. The van der Waals surface area contributed by atoms with Crippen LogP contribution >= 0.6 is 11.3 Å². The van der Waals surface area contributed by atoms with Gasteiger partial charge in [-0.1, -0.05) is 0 Å². The van der Waals surface area contributed by atoms with Gasteiger partial charge in [0, 0.05) is 10.8 Å². The Balaban J connectivity index is 1.31. The van der Waals surface area contributed by atoms with E-state index in [9.17, 15) is 9.59 Å². The first kappa shape index (κ1) is 16.4. The molecule has 3 aliphatic rings. The molecule has 2 N–H and O–H groups in total. The van der Waals surface area contributed by atoms with E-state index in [2.05, 4.69) is 4.98 Å². The fraction of sp³-hybridized carbons (Fsp3) is 0.632. The first-order chi connectivity index (χ1) is 12.7. The lowest BCUT2D eigenvalue weighted by Crippen LogP contribution is -3.13. The number of thiophene rings is 1. The van der Waals surface area contributed by atoms with Crippen LogP contribution in [-0.4, -0.2) is 47.0 Å². The summed E-state index contributed by atoms with van der Waals surface area (Å²) in [6.07, 6.45) is 6.64. The molecule has 2 aromatic rings. The number of aromatic nitrogens is 2. The second-order valence-electron chi connectivity index (χ2n) is 7.93. The monoisotopic (exact) mass is 373 g/mol. The van der Waals surface area contributed by atoms with E-state index in [1.807, 2.05) is 4.90 Å². The summed E-state index contributed by atoms with van der Waals surface area (Å²) >= 11 is 1.71. The normalized spacial score (nSPS) is 21.2. The first-order valence-corrected chi connectivity index (χ1v) is 10.7. The number of hydrogen-bond acceptors (Lipinski definition) is 4. The number of amides is 1. The number of aryl methyl sites for hydroxylation is 2. The Morgan fingerprint density at radius 3 is 2.77 bits per heavy atom. The third-order valence-electron chi connectivity index (χ3n) is 6.00. The third kappa shape index (κ3) is 2.97. The topological polar surface area (TPSA) is 70.5 Å². The molecule has 0 radical (unpaired) electrons. The van der Waals surface area contributed by atoms with Crippen LogP contribution in [0, 0.1) is 5.92 Å². The Morgan fingerprint density at radius 1 is 1.23 bits per heavy atom. The molecule has 0 unspecified atom stereocenters. The van der Waals surface area contributed by atoms with E-state index >= 15 is 0 Å². The van der Waals surface area contributed by atoms with E-state index in [0.29, 0.717) is 11.8 Å². The van der Waals surface area contributed by atoms with E-state index in [0.717, 1.165) is 74.4 Å². The predicted molar refractivity (Wildman–Crippen MR) is 101 cm³/mol. The lowest BCUT2D eigenvalue weighted by Gasteiger charge is -2.32. The van der Waals surface area contributed by atoms with Gasteiger partial charge < -0.3 is 14.8 Å². The van der Waals surface area contributed by atoms with Crippen molar-refractivity contribution in [2.45, 2.75) is 45.1 Å². The summed E-state index contributed by atoms with van der Waals surface area (Å²) in [5.74, 6) is 1.45. The van der Waals surface area contributed by atoms with Crippen LogP contribution in [0.15, 0.2) is 4.79 Å². The highest BCUT2D eigenvalue weighted by Crippen LogP contribution is 2.33. The van der Waals surface area contributed by atoms with Gasteiger partial charge in [0.25, 0.3) is 5.56 Å². The average Bonchev–Trinajstić information content (AvgIpc) is 3.42. The highest BCUT2D eigenvalue weighted by Gasteiger charge is 2.35. The number of carbonyl (C=O) groups excluding carboxylic acids is 1. The molecule has 2 aliphatic carbocycles. The van der Waals surface area contributed by atoms with E-state index in [-0.39, 0.29) is 5.56 Å². The first-order valence-electron chi connectivity index (χ1n) is 9.85. The van der Waals surface area contributed by atoms with Gasteiger partial charge >= 0.3 is 0 Å². The quantitative estimate of drug-likeness (QED) is 0.823. The van der Waals surface area contributed by atoms with Gasteiger partial charge in [0.15, 0.2) is 5.82 Å². The van der Waals surface area contributed by atoms with E-state index < -0.39 is 0 Å². The Bertz CT molecular complexity index is 906. The lowest BCUT2D eigenvalue weighted by molar-refractivity contribution is -0.918. The van der Waals surface area contributed by atoms with Crippen molar-refractivity contribution in [3.63, 3.8) is 0 Å². The summed E-state index contributed by atoms with van der Waals surface area (Å²) in [6.45, 7) is 4.25. The Morgan fingerprint density at radius 2 is 2.00 bits per heavy atom. The molecule has 5 rings (SSSR count). The molecule has 0 atom stereocenters. The van der Waals surface area contributed by atoms with Crippen molar-refractivity contribution in [1.29, 1.82) is 0 Å². The second-order valence-corrected chi connectivity index (χ2v) is 9.01. The van der Waals surface area contributed by atoms with Gasteiger partial charge in [0.1, 0.15) is 11.4 Å². The zero-order valence-electron chi connectivity index (χ0n) is 15.0. The number of carbonyl (C=O) groups is 1. The summed E-state index contributed by atoms with van der Waals surface area (Å²) < 4.78 is 0. The molecule has 1 aliphatic heterocycles. The number of rotatable bonds is 3. The van der Waals surface area contributed by atoms with Gasteiger partial charge in [-0.25, -0.2) is 4.98 Å². The molecular formula is C19H25N4O2S+. The Hall–Kier alpha value is -1.73. The van der Waals surface area contributed by atoms with Crippen molar-refractivity contribution < 1.29 is 9.69 Å². The van der Waals surface area contributed by atoms with E-state index in [1.54, 1.807) is 11.3 Å². The molecule has 1 saturated heterocycles. The van der Waals surface area contributed by atoms with Crippen molar-refractivity contribution in [3.05, 3.63) is 26.6 Å². The molecule has 2 aromatic heterocycles. The smallest absolute Gasteiger partial charge is 0.260 e. The van der Waals surface area contributed by atoms with E-state index in [4.69, 9.17) is 4.98 Å². The van der Waals surface area contributed by atoms with Crippen LogP contribution in [0.4, 0.5) is 0 Å². The van der Waals surface area contributed by atoms with Crippen LogP contribution in [-0.2, 0) is 24.2 Å². The van der Waals surface area contributed by atoms with Crippen LogP contribution in [0.3, 0.4) is 0 Å². The zero-order valence-corrected chi connectivity index (χ0v) is 15.8. The molecule has 6 nitrogen and oxygen atoms in total. The van der Waals surface area contributed by atoms with Gasteiger partial charge in [-0.3, -0.25) is 9.59 Å². The molecule has 26 heavy (non-hydrogen) atoms. The molecule has 0 spiro atoms. The number of H-pyrrole nitrogens is 1. The van der Waals surface area contributed by atoms with Crippen molar-refractivity contribution >= 4 is 27.5 Å². The molecule has 7 heteroatoms. The number of nitrogens with zero attached hydrogens (tertiary/aromatic N) is 2. The minimum Gasteiger partial charge on any atom is -0.331 e. The minimum atomic E-state index is 0.0337. The highest BCUT2D eigenvalue weighted by atomic mass is 32.1. The summed E-state index contributed by atoms with van der Waals surface area (Å²) in [7, 11) is 0. The molecule has 1 amide bonds. The number of piperazine rings is 1. The summed E-state index contributed by atoms with van der Waals surface area (Å²) in [6, 6.07) is 0. The molecule has 2 fully saturated rings. The number of quaternary nitrogens is 1. The Labute approximate surface area is 156 Å². The standard InChI is InChI=1S/C19H24N4O2S/c24-17-16-13-3-1-2-4-14(13)26-18(16)21-15(20-17)11-22-7-9-23(10-8-22)19(25)12-5-6-12/h12H,1-11H2,(H,20,21,24)/p+1. The molecule has 1 saturated carbocycles. The number of aromatic amines is 1. The van der Waals surface area contributed by atoms with Crippen molar-refractivity contribution in [3.8, 4) is 0 Å². The summed E-state index contributed by atoms with van der Waals surface area (Å²) in [5, 5.41) is 0.836. The Kier molecular flexibility index (Phi) is 4.09. The van der Waals surface area contributed by atoms with E-state index in [1.165, 1.54) is 28.2 Å². The number of nitrogens with one attached hydrogen (secondary N) is 2. The van der Waals surface area contributed by atoms with Gasteiger partial charge in [0.2, 0.25) is 5.91 Å². The van der Waals surface area contributed by atoms with Crippen LogP contribution in [0.25, 0.3) is 10.2 Å². The van der Waals surface area contributed by atoms with Crippen molar-refractivity contribution in [2.75, 3.05) is 26.2 Å². The van der Waals surface area contributed by atoms with Gasteiger partial charge in [-0.2, -0.15) is 0 Å². The van der Waals surface area contributed by atoms with Crippen LogP contribution in [0.2, 0.25) is 0 Å². The average molecular weight is 374 g/mol. The minimum absolute atomic E-state index is 0.0337. The fourth-order valence-electron chi connectivity index (χ4n) is 4.34. The second kappa shape index (κ2) is 6.46. The van der Waals surface area contributed by atoms with Gasteiger partial charge in [0.05, 0.1) is 31.6 Å². The fourth-order valence-corrected chi connectivity index (χ4v) is 5.62. The van der Waals surface area contributed by atoms with Crippen molar-refractivity contribution in [2.24, 2.45) is 5.92 Å². The maximum Gasteiger partial charge on any atom is 0.260 e. The van der Waals surface area contributed by atoms with Crippen LogP contribution in [0.1, 0.15) is 41.9 Å². The molecule has 3 heterocycles. The highest BCUT2D eigenvalue weighted by molar-refractivity contribution is 7.18. The van der Waals surface area contributed by atoms with Gasteiger partial charge in [-0.05, 0) is 44.1 Å². The molecule has 0 aromatic carbocycles. The zero-order chi connectivity index (χ0) is 17.7. The molecule has 0 bridgehead atoms. The predicted octanol–water partition coefficient (Wildman–Crippen LogP) is 0.501.